The van der Waals surface area contributed by atoms with Crippen molar-refractivity contribution in [3.05, 3.63) is 0 Å². The van der Waals surface area contributed by atoms with Gasteiger partial charge in [0.15, 0.2) is 5.96 Å². The van der Waals surface area contributed by atoms with E-state index in [1.165, 1.54) is 6.92 Å². The third-order valence-corrected chi connectivity index (χ3v) is 7.31. The highest BCUT2D eigenvalue weighted by Gasteiger charge is 2.44. The zero-order valence-electron chi connectivity index (χ0n) is 24.7. The molecule has 1 aliphatic heterocycles. The van der Waals surface area contributed by atoms with E-state index in [4.69, 9.17) is 9.73 Å². The lowest BCUT2D eigenvalue weighted by molar-refractivity contribution is -0.142. The fourth-order valence-electron chi connectivity index (χ4n) is 5.16. The van der Waals surface area contributed by atoms with E-state index >= 15 is 0 Å². The van der Waals surface area contributed by atoms with Crippen molar-refractivity contribution in [3.8, 4) is 0 Å². The van der Waals surface area contributed by atoms with E-state index in [2.05, 4.69) is 48.3 Å². The van der Waals surface area contributed by atoms with Crippen molar-refractivity contribution in [2.24, 2.45) is 10.9 Å². The van der Waals surface area contributed by atoms with Crippen LogP contribution in [0.3, 0.4) is 0 Å². The summed E-state index contributed by atoms with van der Waals surface area (Å²) < 4.78 is 5.90. The zero-order chi connectivity index (χ0) is 29.0. The minimum Gasteiger partial charge on any atom is -0.396 e. The smallest absolute Gasteiger partial charge is 0.219 e. The number of hydrogen-bond acceptors (Lipinski definition) is 7. The SMILES string of the molecule is CC(=O)NC1C(OCCCCC(=O)NCCCCCCN2CCN(C)C2=NC(C)(C)C)CC(CO)C(O)C1O. The number of ether oxygens (including phenoxy) is 1. The standard InChI is InChI=1S/C28H53N5O6/c1-20(35)30-24-22(18-21(19-34)25(37)26(24)38)39-17-11-8-12-23(36)29-13-9-6-7-10-14-33-16-15-32(5)27(33)31-28(2,3)4/h21-22,24-26,34,37-38H,6-19H2,1-5H3,(H,29,36)(H,30,35). The van der Waals surface area contributed by atoms with Crippen LogP contribution >= 0.6 is 0 Å². The Morgan fingerprint density at radius 1 is 1.05 bits per heavy atom. The van der Waals surface area contributed by atoms with Crippen molar-refractivity contribution in [1.82, 2.24) is 20.4 Å². The Balaban J connectivity index is 1.55. The molecule has 39 heavy (non-hydrogen) atoms. The van der Waals surface area contributed by atoms with E-state index < -0.39 is 30.3 Å². The predicted octanol–water partition coefficient (Wildman–Crippen LogP) is 0.859. The average molecular weight is 556 g/mol. The lowest BCUT2D eigenvalue weighted by Crippen LogP contribution is -2.61. The van der Waals surface area contributed by atoms with E-state index in [1.807, 2.05) is 0 Å². The Morgan fingerprint density at radius 3 is 2.44 bits per heavy atom. The van der Waals surface area contributed by atoms with Gasteiger partial charge in [0.25, 0.3) is 0 Å². The number of hydrogen-bond donors (Lipinski definition) is 5. The van der Waals surface area contributed by atoms with Crippen LogP contribution in [0.1, 0.15) is 79.1 Å². The van der Waals surface area contributed by atoms with Crippen LogP contribution in [0.15, 0.2) is 4.99 Å². The molecule has 1 aliphatic carbocycles. The molecule has 1 saturated heterocycles. The van der Waals surface area contributed by atoms with Gasteiger partial charge >= 0.3 is 0 Å². The van der Waals surface area contributed by atoms with E-state index in [9.17, 15) is 24.9 Å². The van der Waals surface area contributed by atoms with Gasteiger partial charge in [-0.05, 0) is 52.9 Å². The third kappa shape index (κ3) is 11.6. The minimum absolute atomic E-state index is 0.0332. The molecule has 2 rings (SSSR count). The van der Waals surface area contributed by atoms with Gasteiger partial charge in [0.05, 0.1) is 23.8 Å². The maximum absolute atomic E-state index is 12.2. The molecule has 5 atom stereocenters. The number of aliphatic hydroxyl groups is 3. The van der Waals surface area contributed by atoms with Gasteiger partial charge in [-0.2, -0.15) is 0 Å². The van der Waals surface area contributed by atoms with Crippen molar-refractivity contribution in [2.75, 3.05) is 46.4 Å². The molecule has 11 heteroatoms. The summed E-state index contributed by atoms with van der Waals surface area (Å²) in [6.07, 6.45) is 3.51. The Morgan fingerprint density at radius 2 is 1.77 bits per heavy atom. The third-order valence-electron chi connectivity index (χ3n) is 7.31. The molecule has 5 unspecified atom stereocenters. The van der Waals surface area contributed by atoms with Crippen molar-refractivity contribution in [1.29, 1.82) is 0 Å². The van der Waals surface area contributed by atoms with Gasteiger partial charge in [-0.25, -0.2) is 4.99 Å². The molecule has 226 valence electrons. The van der Waals surface area contributed by atoms with Gasteiger partial charge in [0.2, 0.25) is 11.8 Å². The number of aliphatic hydroxyl groups excluding tert-OH is 3. The average Bonchev–Trinajstić information content (AvgIpc) is 3.19. The van der Waals surface area contributed by atoms with Crippen molar-refractivity contribution in [2.45, 2.75) is 109 Å². The fourth-order valence-corrected chi connectivity index (χ4v) is 5.16. The molecule has 1 heterocycles. The normalized spacial score (nSPS) is 26.8. The summed E-state index contributed by atoms with van der Waals surface area (Å²) in [5, 5.41) is 35.7. The maximum Gasteiger partial charge on any atom is 0.219 e. The molecule has 2 aliphatic rings. The highest BCUT2D eigenvalue weighted by atomic mass is 16.5. The predicted molar refractivity (Wildman–Crippen MR) is 151 cm³/mol. The summed E-state index contributed by atoms with van der Waals surface area (Å²) in [5.74, 6) is 0.295. The number of amides is 2. The second-order valence-electron chi connectivity index (χ2n) is 12.0. The highest BCUT2D eigenvalue weighted by molar-refractivity contribution is 5.82. The van der Waals surface area contributed by atoms with E-state index in [0.717, 1.165) is 51.3 Å². The number of guanidine groups is 1. The molecule has 0 radical (unpaired) electrons. The molecule has 11 nitrogen and oxygen atoms in total. The van der Waals surface area contributed by atoms with Gasteiger partial charge in [0.1, 0.15) is 6.10 Å². The molecule has 1 saturated carbocycles. The number of carbonyl (C=O) groups is 2. The molecule has 0 aromatic rings. The summed E-state index contributed by atoms with van der Waals surface area (Å²) in [4.78, 5) is 33.2. The lowest BCUT2D eigenvalue weighted by Gasteiger charge is -2.42. The largest absolute Gasteiger partial charge is 0.396 e. The van der Waals surface area contributed by atoms with Crippen LogP contribution in [0, 0.1) is 5.92 Å². The summed E-state index contributed by atoms with van der Waals surface area (Å²) in [5.41, 5.74) is -0.0817. The first-order chi connectivity index (χ1) is 18.4. The van der Waals surface area contributed by atoms with Gasteiger partial charge < -0.3 is 40.5 Å². The Hall–Kier alpha value is -1.95. The van der Waals surface area contributed by atoms with Gasteiger partial charge in [-0.15, -0.1) is 0 Å². The van der Waals surface area contributed by atoms with Gasteiger partial charge in [0, 0.05) is 65.7 Å². The molecule has 0 bridgehead atoms. The van der Waals surface area contributed by atoms with Crippen LogP contribution in [-0.4, -0.2) is 119 Å². The highest BCUT2D eigenvalue weighted by Crippen LogP contribution is 2.28. The second-order valence-corrected chi connectivity index (χ2v) is 12.0. The summed E-state index contributed by atoms with van der Waals surface area (Å²) >= 11 is 0. The first-order valence-electron chi connectivity index (χ1n) is 14.6. The molecule has 2 fully saturated rings. The van der Waals surface area contributed by atoms with Crippen LogP contribution in [0.4, 0.5) is 0 Å². The van der Waals surface area contributed by atoms with Crippen LogP contribution in [0.5, 0.6) is 0 Å². The quantitative estimate of drug-likeness (QED) is 0.187. The molecule has 5 N–H and O–H groups in total. The Bertz CT molecular complexity index is 789. The van der Waals surface area contributed by atoms with Crippen molar-refractivity contribution < 1.29 is 29.6 Å². The van der Waals surface area contributed by atoms with E-state index in [1.54, 1.807) is 0 Å². The Labute approximate surface area is 234 Å². The van der Waals surface area contributed by atoms with Crippen molar-refractivity contribution >= 4 is 17.8 Å². The second kappa shape index (κ2) is 16.3. The number of likely N-dealkylation sites (N-methyl/N-ethyl adjacent to an activating group) is 1. The first kappa shape index (κ1) is 33.3. The number of unbranched alkanes of at least 4 members (excludes halogenated alkanes) is 4. The maximum atomic E-state index is 12.2. The molecule has 0 aromatic carbocycles. The van der Waals surface area contributed by atoms with Crippen LogP contribution in [0.25, 0.3) is 0 Å². The fraction of sp³-hybridized carbons (Fsp3) is 0.893. The van der Waals surface area contributed by atoms with Crippen molar-refractivity contribution in [3.63, 3.8) is 0 Å². The minimum atomic E-state index is -1.21. The molecule has 0 aromatic heterocycles. The van der Waals surface area contributed by atoms with Crippen LogP contribution < -0.4 is 10.6 Å². The number of nitrogens with zero attached hydrogens (tertiary/aromatic N) is 3. The summed E-state index contributed by atoms with van der Waals surface area (Å²) in [6.45, 7) is 11.6. The zero-order valence-corrected chi connectivity index (χ0v) is 24.7. The molecular formula is C28H53N5O6. The topological polar surface area (TPSA) is 147 Å². The van der Waals surface area contributed by atoms with Crippen LogP contribution in [-0.2, 0) is 14.3 Å². The number of nitrogens with one attached hydrogen (secondary N) is 2. The Kier molecular flexibility index (Phi) is 13.9. The summed E-state index contributed by atoms with van der Waals surface area (Å²) in [6, 6.07) is -0.737. The van der Waals surface area contributed by atoms with Gasteiger partial charge in [-0.1, -0.05) is 12.8 Å². The summed E-state index contributed by atoms with van der Waals surface area (Å²) in [7, 11) is 2.10. The number of carbonyl (C=O) groups excluding carboxylic acids is 2. The number of rotatable bonds is 15. The van der Waals surface area contributed by atoms with Gasteiger partial charge in [-0.3, -0.25) is 9.59 Å². The van der Waals surface area contributed by atoms with E-state index in [0.29, 0.717) is 38.8 Å². The molecule has 0 spiro atoms. The molecule has 2 amide bonds. The van der Waals surface area contributed by atoms with E-state index in [-0.39, 0.29) is 24.0 Å². The first-order valence-corrected chi connectivity index (χ1v) is 14.6. The monoisotopic (exact) mass is 555 g/mol. The number of aliphatic imine (C=N–C) groups is 1. The molecular weight excluding hydrogens is 502 g/mol. The van der Waals surface area contributed by atoms with Crippen LogP contribution in [0.2, 0.25) is 0 Å². The lowest BCUT2D eigenvalue weighted by atomic mass is 9.79.